The van der Waals surface area contributed by atoms with Gasteiger partial charge in [0, 0.05) is 25.0 Å². The van der Waals surface area contributed by atoms with Crippen LogP contribution >= 0.6 is 0 Å². The molecule has 1 fully saturated rings. The Bertz CT molecular complexity index is 697. The van der Waals surface area contributed by atoms with E-state index < -0.39 is 0 Å². The van der Waals surface area contributed by atoms with Crippen LogP contribution < -0.4 is 19.7 Å². The molecule has 1 aliphatic rings. The quantitative estimate of drug-likeness (QED) is 0.784. The van der Waals surface area contributed by atoms with Gasteiger partial charge in [0.2, 0.25) is 0 Å². The van der Waals surface area contributed by atoms with Gasteiger partial charge in [-0.05, 0) is 49.2 Å². The summed E-state index contributed by atoms with van der Waals surface area (Å²) < 4.78 is 10.7. The molecule has 1 aromatic heterocycles. The number of amides is 1. The van der Waals surface area contributed by atoms with Crippen LogP contribution in [-0.2, 0) is 0 Å². The minimum atomic E-state index is -0.181. The highest BCUT2D eigenvalue weighted by Gasteiger charge is 2.14. The molecule has 0 saturated carbocycles. The SMILES string of the molecule is COc1ccc(OCCNC(=O)c2cc(N3CCCC3)ccn2)cc1. The van der Waals surface area contributed by atoms with Crippen molar-refractivity contribution in [3.05, 3.63) is 48.3 Å². The monoisotopic (exact) mass is 341 g/mol. The molecule has 3 rings (SSSR count). The maximum absolute atomic E-state index is 12.2. The minimum absolute atomic E-state index is 0.181. The normalized spacial score (nSPS) is 13.6. The Balaban J connectivity index is 1.46. The molecule has 1 aliphatic heterocycles. The highest BCUT2D eigenvalue weighted by Crippen LogP contribution is 2.20. The van der Waals surface area contributed by atoms with Crippen molar-refractivity contribution in [1.29, 1.82) is 0 Å². The number of aromatic nitrogens is 1. The first kappa shape index (κ1) is 17.1. The summed E-state index contributed by atoms with van der Waals surface area (Å²) in [6, 6.07) is 11.1. The molecule has 2 aromatic rings. The van der Waals surface area contributed by atoms with E-state index >= 15 is 0 Å². The van der Waals surface area contributed by atoms with Crippen molar-refractivity contribution in [3.8, 4) is 11.5 Å². The van der Waals surface area contributed by atoms with Gasteiger partial charge < -0.3 is 19.7 Å². The van der Waals surface area contributed by atoms with Crippen LogP contribution in [0, 0.1) is 0 Å². The number of pyridine rings is 1. The van der Waals surface area contributed by atoms with Crippen LogP contribution in [0.5, 0.6) is 11.5 Å². The third-order valence-electron chi connectivity index (χ3n) is 4.16. The minimum Gasteiger partial charge on any atom is -0.497 e. The molecule has 6 heteroatoms. The maximum atomic E-state index is 12.2. The van der Waals surface area contributed by atoms with Crippen molar-refractivity contribution in [1.82, 2.24) is 10.3 Å². The Hall–Kier alpha value is -2.76. The lowest BCUT2D eigenvalue weighted by Gasteiger charge is -2.17. The predicted octanol–water partition coefficient (Wildman–Crippen LogP) is 2.50. The third kappa shape index (κ3) is 4.62. The van der Waals surface area contributed by atoms with Crippen LogP contribution in [0.2, 0.25) is 0 Å². The Morgan fingerprint density at radius 3 is 2.60 bits per heavy atom. The van der Waals surface area contributed by atoms with Gasteiger partial charge in [-0.3, -0.25) is 9.78 Å². The van der Waals surface area contributed by atoms with Gasteiger partial charge in [-0.25, -0.2) is 0 Å². The number of carbonyl (C=O) groups excluding carboxylic acids is 1. The van der Waals surface area contributed by atoms with Crippen molar-refractivity contribution in [2.24, 2.45) is 0 Å². The van der Waals surface area contributed by atoms with E-state index in [4.69, 9.17) is 9.47 Å². The fraction of sp³-hybridized carbons (Fsp3) is 0.368. The van der Waals surface area contributed by atoms with E-state index in [-0.39, 0.29) is 5.91 Å². The fourth-order valence-corrected chi connectivity index (χ4v) is 2.81. The molecule has 0 bridgehead atoms. The van der Waals surface area contributed by atoms with Gasteiger partial charge in [0.15, 0.2) is 0 Å². The largest absolute Gasteiger partial charge is 0.497 e. The fourth-order valence-electron chi connectivity index (χ4n) is 2.81. The number of methoxy groups -OCH3 is 1. The average Bonchev–Trinajstić information content (AvgIpc) is 3.20. The molecule has 132 valence electrons. The summed E-state index contributed by atoms with van der Waals surface area (Å²) in [6.07, 6.45) is 4.09. The predicted molar refractivity (Wildman–Crippen MR) is 96.5 cm³/mol. The number of rotatable bonds is 7. The molecule has 0 aliphatic carbocycles. The number of carbonyl (C=O) groups is 1. The first-order valence-electron chi connectivity index (χ1n) is 8.52. The second-order valence-corrected chi connectivity index (χ2v) is 5.87. The lowest BCUT2D eigenvalue weighted by Crippen LogP contribution is -2.29. The van der Waals surface area contributed by atoms with Crippen molar-refractivity contribution < 1.29 is 14.3 Å². The van der Waals surface area contributed by atoms with E-state index in [1.54, 1.807) is 13.3 Å². The summed E-state index contributed by atoms with van der Waals surface area (Å²) in [5, 5.41) is 2.84. The molecule has 0 radical (unpaired) electrons. The first-order valence-corrected chi connectivity index (χ1v) is 8.52. The number of hydrogen-bond donors (Lipinski definition) is 1. The maximum Gasteiger partial charge on any atom is 0.270 e. The standard InChI is InChI=1S/C19H23N3O3/c1-24-16-4-6-17(7-5-16)25-13-10-21-19(23)18-14-15(8-9-20-18)22-11-2-3-12-22/h4-9,14H,2-3,10-13H2,1H3,(H,21,23). The second kappa shape index (κ2) is 8.37. The van der Waals surface area contributed by atoms with E-state index in [0.29, 0.717) is 18.8 Å². The van der Waals surface area contributed by atoms with Crippen molar-refractivity contribution in [3.63, 3.8) is 0 Å². The highest BCUT2D eigenvalue weighted by atomic mass is 16.5. The smallest absolute Gasteiger partial charge is 0.270 e. The molecule has 1 aromatic carbocycles. The van der Waals surface area contributed by atoms with Crippen molar-refractivity contribution in [2.75, 3.05) is 38.3 Å². The van der Waals surface area contributed by atoms with Gasteiger partial charge in [0.05, 0.1) is 13.7 Å². The molecule has 25 heavy (non-hydrogen) atoms. The Labute approximate surface area is 147 Å². The summed E-state index contributed by atoms with van der Waals surface area (Å²) in [5.41, 5.74) is 1.50. The van der Waals surface area contributed by atoms with Gasteiger partial charge in [-0.1, -0.05) is 0 Å². The van der Waals surface area contributed by atoms with Crippen molar-refractivity contribution >= 4 is 11.6 Å². The van der Waals surface area contributed by atoms with Gasteiger partial charge in [0.1, 0.15) is 23.8 Å². The van der Waals surface area contributed by atoms with Gasteiger partial charge in [-0.15, -0.1) is 0 Å². The Kier molecular flexibility index (Phi) is 5.72. The first-order chi connectivity index (χ1) is 12.3. The highest BCUT2D eigenvalue weighted by molar-refractivity contribution is 5.93. The lowest BCUT2D eigenvalue weighted by molar-refractivity contribution is 0.0942. The summed E-state index contributed by atoms with van der Waals surface area (Å²) in [7, 11) is 1.62. The number of benzene rings is 1. The van der Waals surface area contributed by atoms with E-state index in [1.165, 1.54) is 12.8 Å². The molecule has 1 N–H and O–H groups in total. The van der Waals surface area contributed by atoms with E-state index in [2.05, 4.69) is 15.2 Å². The molecule has 0 atom stereocenters. The van der Waals surface area contributed by atoms with Crippen LogP contribution in [-0.4, -0.2) is 44.2 Å². The van der Waals surface area contributed by atoms with Gasteiger partial charge >= 0.3 is 0 Å². The molecular weight excluding hydrogens is 318 g/mol. The molecule has 0 unspecified atom stereocenters. The Morgan fingerprint density at radius 1 is 1.16 bits per heavy atom. The lowest BCUT2D eigenvalue weighted by atomic mass is 10.3. The van der Waals surface area contributed by atoms with Crippen molar-refractivity contribution in [2.45, 2.75) is 12.8 Å². The van der Waals surface area contributed by atoms with Crippen LogP contribution in [0.25, 0.3) is 0 Å². The topological polar surface area (TPSA) is 63.7 Å². The third-order valence-corrected chi connectivity index (χ3v) is 4.16. The van der Waals surface area contributed by atoms with E-state index in [0.717, 1.165) is 30.3 Å². The van der Waals surface area contributed by atoms with Crippen LogP contribution in [0.3, 0.4) is 0 Å². The summed E-state index contributed by atoms with van der Waals surface area (Å²) in [4.78, 5) is 18.7. The Morgan fingerprint density at radius 2 is 1.88 bits per heavy atom. The van der Waals surface area contributed by atoms with Gasteiger partial charge in [0.25, 0.3) is 5.91 Å². The molecule has 1 amide bonds. The summed E-state index contributed by atoms with van der Waals surface area (Å²) in [5.74, 6) is 1.34. The number of ether oxygens (including phenoxy) is 2. The van der Waals surface area contributed by atoms with Crippen LogP contribution in [0.15, 0.2) is 42.6 Å². The molecule has 1 saturated heterocycles. The van der Waals surface area contributed by atoms with E-state index in [1.807, 2.05) is 36.4 Å². The van der Waals surface area contributed by atoms with Crippen LogP contribution in [0.1, 0.15) is 23.3 Å². The molecule has 6 nitrogen and oxygen atoms in total. The summed E-state index contributed by atoms with van der Waals surface area (Å²) in [6.45, 7) is 2.89. The number of hydrogen-bond acceptors (Lipinski definition) is 5. The van der Waals surface area contributed by atoms with Gasteiger partial charge in [-0.2, -0.15) is 0 Å². The second-order valence-electron chi connectivity index (χ2n) is 5.87. The zero-order valence-corrected chi connectivity index (χ0v) is 14.4. The summed E-state index contributed by atoms with van der Waals surface area (Å²) >= 11 is 0. The zero-order chi connectivity index (χ0) is 17.5. The average molecular weight is 341 g/mol. The number of nitrogens with zero attached hydrogens (tertiary/aromatic N) is 2. The zero-order valence-electron chi connectivity index (χ0n) is 14.4. The number of nitrogens with one attached hydrogen (secondary N) is 1. The molecule has 2 heterocycles. The number of anilines is 1. The van der Waals surface area contributed by atoms with E-state index in [9.17, 15) is 4.79 Å². The molecular formula is C19H23N3O3. The van der Waals surface area contributed by atoms with Crippen LogP contribution in [0.4, 0.5) is 5.69 Å². The molecule has 0 spiro atoms.